The molecule has 9 heteroatoms. The Hall–Kier alpha value is -3.99. The highest BCUT2D eigenvalue weighted by Gasteiger charge is 2.50. The van der Waals surface area contributed by atoms with Crippen LogP contribution >= 0.6 is 11.8 Å². The third-order valence-electron chi connectivity index (χ3n) is 7.36. The monoisotopic (exact) mass is 642 g/mol. The third kappa shape index (κ3) is 10.3. The SMILES string of the molecule is O=C(O)CCC(=O)O[C@@H]1C(COCc2ccccc2)O[C@H](Sc2ccccc2)C(OCc2ccccc2)[C@@H]1OCc1ccccc1. The van der Waals surface area contributed by atoms with Gasteiger partial charge in [0.15, 0.2) is 6.10 Å². The maximum absolute atomic E-state index is 13.1. The van der Waals surface area contributed by atoms with Crippen molar-refractivity contribution >= 4 is 23.7 Å². The van der Waals surface area contributed by atoms with Crippen molar-refractivity contribution in [3.05, 3.63) is 138 Å². The predicted molar refractivity (Wildman–Crippen MR) is 174 cm³/mol. The Bertz CT molecular complexity index is 1470. The Morgan fingerprint density at radius 1 is 0.630 bits per heavy atom. The highest BCUT2D eigenvalue weighted by Crippen LogP contribution is 2.38. The molecule has 0 saturated carbocycles. The fourth-order valence-electron chi connectivity index (χ4n) is 5.07. The van der Waals surface area contributed by atoms with Gasteiger partial charge < -0.3 is 28.8 Å². The fraction of sp³-hybridized carbons (Fsp3) is 0.297. The van der Waals surface area contributed by atoms with Crippen molar-refractivity contribution in [1.82, 2.24) is 0 Å². The molecule has 0 radical (unpaired) electrons. The molecule has 1 N–H and O–H groups in total. The number of carboxylic acids is 1. The summed E-state index contributed by atoms with van der Waals surface area (Å²) in [7, 11) is 0. The first kappa shape index (κ1) is 33.4. The number of aliphatic carboxylic acids is 1. The molecular weight excluding hydrogens is 604 g/mol. The van der Waals surface area contributed by atoms with E-state index in [1.165, 1.54) is 11.8 Å². The van der Waals surface area contributed by atoms with Crippen LogP contribution in [0, 0.1) is 0 Å². The van der Waals surface area contributed by atoms with E-state index in [-0.39, 0.29) is 32.7 Å². The number of ether oxygens (including phenoxy) is 5. The summed E-state index contributed by atoms with van der Waals surface area (Å²) >= 11 is 1.50. The molecule has 8 nitrogen and oxygen atoms in total. The van der Waals surface area contributed by atoms with E-state index in [4.69, 9.17) is 23.7 Å². The Balaban J connectivity index is 1.46. The van der Waals surface area contributed by atoms with Crippen molar-refractivity contribution in [2.24, 2.45) is 0 Å². The standard InChI is InChI=1S/C37H38O8S/c38-32(39)21-22-33(40)45-34-31(26-41-23-27-13-5-1-6-14-27)44-37(46-30-19-11-4-12-20-30)36(43-25-29-17-9-3-10-18-29)35(34)42-24-28-15-7-2-8-16-28/h1-20,31,34-37H,21-26H2,(H,38,39)/t31?,34-,35-,36?,37-/m1/s1. The quantitative estimate of drug-likeness (QED) is 0.134. The largest absolute Gasteiger partial charge is 0.481 e. The van der Waals surface area contributed by atoms with Crippen LogP contribution in [0.3, 0.4) is 0 Å². The molecule has 4 aromatic carbocycles. The summed E-state index contributed by atoms with van der Waals surface area (Å²) < 4.78 is 32.0. The molecule has 0 spiro atoms. The molecule has 46 heavy (non-hydrogen) atoms. The number of carbonyl (C=O) groups is 2. The Morgan fingerprint density at radius 3 is 1.67 bits per heavy atom. The average molecular weight is 643 g/mol. The summed E-state index contributed by atoms with van der Waals surface area (Å²) in [4.78, 5) is 25.3. The number of carbonyl (C=O) groups excluding carboxylic acids is 1. The smallest absolute Gasteiger partial charge is 0.306 e. The molecule has 1 saturated heterocycles. The third-order valence-corrected chi connectivity index (χ3v) is 8.52. The van der Waals surface area contributed by atoms with Gasteiger partial charge in [0.2, 0.25) is 0 Å². The van der Waals surface area contributed by atoms with E-state index in [1.807, 2.05) is 121 Å². The molecule has 0 aliphatic carbocycles. The van der Waals surface area contributed by atoms with E-state index in [2.05, 4.69) is 0 Å². The van der Waals surface area contributed by atoms with Gasteiger partial charge in [-0.2, -0.15) is 0 Å². The molecule has 1 fully saturated rings. The van der Waals surface area contributed by atoms with Crippen LogP contribution in [0.1, 0.15) is 29.5 Å². The molecule has 2 unspecified atom stereocenters. The number of carboxylic acid groups (broad SMARTS) is 1. The van der Waals surface area contributed by atoms with Crippen LogP contribution in [-0.2, 0) is 53.1 Å². The van der Waals surface area contributed by atoms with Crippen molar-refractivity contribution in [2.45, 2.75) is 67.4 Å². The van der Waals surface area contributed by atoms with Crippen LogP contribution in [-0.4, -0.2) is 53.5 Å². The zero-order chi connectivity index (χ0) is 32.0. The summed E-state index contributed by atoms with van der Waals surface area (Å²) in [6.07, 6.45) is -3.73. The van der Waals surface area contributed by atoms with Gasteiger partial charge in [0, 0.05) is 4.90 Å². The molecule has 240 valence electrons. The minimum atomic E-state index is -1.08. The molecule has 5 rings (SSSR count). The molecule has 1 heterocycles. The maximum atomic E-state index is 13.1. The maximum Gasteiger partial charge on any atom is 0.306 e. The number of hydrogen-bond acceptors (Lipinski definition) is 8. The summed E-state index contributed by atoms with van der Waals surface area (Å²) in [5.41, 5.74) is 2.35. The minimum Gasteiger partial charge on any atom is -0.481 e. The van der Waals surface area contributed by atoms with Crippen molar-refractivity contribution < 1.29 is 38.4 Å². The van der Waals surface area contributed by atoms with Crippen LogP contribution in [0.2, 0.25) is 0 Å². The fourth-order valence-corrected chi connectivity index (χ4v) is 6.22. The number of benzene rings is 4. The Morgan fingerprint density at radius 2 is 1.13 bits per heavy atom. The van der Waals surface area contributed by atoms with Crippen LogP contribution < -0.4 is 0 Å². The zero-order valence-electron chi connectivity index (χ0n) is 25.4. The molecule has 5 atom stereocenters. The topological polar surface area (TPSA) is 101 Å². The highest BCUT2D eigenvalue weighted by atomic mass is 32.2. The van der Waals surface area contributed by atoms with Gasteiger partial charge in [-0.3, -0.25) is 9.59 Å². The summed E-state index contributed by atoms with van der Waals surface area (Å²) in [5.74, 6) is -1.74. The number of rotatable bonds is 16. The van der Waals surface area contributed by atoms with Gasteiger partial charge in [0.25, 0.3) is 0 Å². The van der Waals surface area contributed by atoms with E-state index in [0.29, 0.717) is 6.61 Å². The molecular formula is C37H38O8S. The lowest BCUT2D eigenvalue weighted by molar-refractivity contribution is -0.249. The second-order valence-electron chi connectivity index (χ2n) is 10.8. The summed E-state index contributed by atoms with van der Waals surface area (Å²) in [6, 6.07) is 39.2. The number of thioether (sulfide) groups is 1. The van der Waals surface area contributed by atoms with E-state index < -0.39 is 41.8 Å². The second-order valence-corrected chi connectivity index (χ2v) is 12.0. The van der Waals surface area contributed by atoms with Crippen LogP contribution in [0.5, 0.6) is 0 Å². The summed E-state index contributed by atoms with van der Waals surface area (Å²) in [5, 5.41) is 9.20. The first-order valence-electron chi connectivity index (χ1n) is 15.3. The van der Waals surface area contributed by atoms with E-state index in [9.17, 15) is 14.7 Å². The first-order chi connectivity index (χ1) is 22.5. The summed E-state index contributed by atoms with van der Waals surface area (Å²) in [6.45, 7) is 0.954. The lowest BCUT2D eigenvalue weighted by atomic mass is 9.98. The van der Waals surface area contributed by atoms with Crippen molar-refractivity contribution in [3.8, 4) is 0 Å². The van der Waals surface area contributed by atoms with Crippen molar-refractivity contribution in [3.63, 3.8) is 0 Å². The van der Waals surface area contributed by atoms with E-state index >= 15 is 0 Å². The average Bonchev–Trinajstić information content (AvgIpc) is 3.09. The normalized spacial score (nSPS) is 21.0. The van der Waals surface area contributed by atoms with Crippen LogP contribution in [0.4, 0.5) is 0 Å². The van der Waals surface area contributed by atoms with E-state index in [0.717, 1.165) is 21.6 Å². The van der Waals surface area contributed by atoms with Crippen molar-refractivity contribution in [1.29, 1.82) is 0 Å². The Kier molecular flexibility index (Phi) is 12.8. The van der Waals surface area contributed by atoms with Gasteiger partial charge in [0.05, 0.1) is 39.3 Å². The lowest BCUT2D eigenvalue weighted by Gasteiger charge is -2.45. The lowest BCUT2D eigenvalue weighted by Crippen LogP contribution is -2.60. The molecule has 1 aliphatic rings. The second kappa shape index (κ2) is 17.6. The number of esters is 1. The van der Waals surface area contributed by atoms with Crippen LogP contribution in [0.25, 0.3) is 0 Å². The molecule has 1 aliphatic heterocycles. The highest BCUT2D eigenvalue weighted by molar-refractivity contribution is 7.99. The molecule has 0 aromatic heterocycles. The van der Waals surface area contributed by atoms with Gasteiger partial charge in [-0.15, -0.1) is 0 Å². The molecule has 0 bridgehead atoms. The van der Waals surface area contributed by atoms with Gasteiger partial charge in [-0.25, -0.2) is 0 Å². The number of hydrogen-bond donors (Lipinski definition) is 1. The Labute approximate surface area is 273 Å². The van der Waals surface area contributed by atoms with Gasteiger partial charge in [-0.05, 0) is 28.8 Å². The van der Waals surface area contributed by atoms with Gasteiger partial charge >= 0.3 is 11.9 Å². The van der Waals surface area contributed by atoms with Gasteiger partial charge in [0.1, 0.15) is 23.7 Å². The minimum absolute atomic E-state index is 0.105. The molecule has 0 amide bonds. The van der Waals surface area contributed by atoms with E-state index in [1.54, 1.807) is 0 Å². The van der Waals surface area contributed by atoms with Crippen LogP contribution in [0.15, 0.2) is 126 Å². The zero-order valence-corrected chi connectivity index (χ0v) is 26.2. The molecule has 4 aromatic rings. The predicted octanol–water partition coefficient (Wildman–Crippen LogP) is 6.67. The van der Waals surface area contributed by atoms with Crippen molar-refractivity contribution in [2.75, 3.05) is 6.61 Å². The first-order valence-corrected chi connectivity index (χ1v) is 16.1. The van der Waals surface area contributed by atoms with Gasteiger partial charge in [-0.1, -0.05) is 121 Å².